The zero-order valence-electron chi connectivity index (χ0n) is 13.3. The second-order valence-corrected chi connectivity index (χ2v) is 6.41. The first-order valence-corrected chi connectivity index (χ1v) is 8.89. The van der Waals surface area contributed by atoms with E-state index in [9.17, 15) is 18.0 Å². The van der Waals surface area contributed by atoms with Crippen LogP contribution in [-0.2, 0) is 16.0 Å². The molecule has 0 unspecified atom stereocenters. The minimum atomic E-state index is -4.81. The van der Waals surface area contributed by atoms with E-state index < -0.39 is 12.3 Å². The second-order valence-electron chi connectivity index (χ2n) is 4.70. The Kier molecular flexibility index (Phi) is 6.98. The standard InChI is InChI=1S/C15H13BrF3N3O3S/c1-2-24-13(23)6-9-8-26-14(21-9)22-20-7-10-11(16)4-3-5-12(10)25-15(17,18)19/h3-5,7-8H,2,6H2,1H3,(H,21,22). The minimum Gasteiger partial charge on any atom is -0.466 e. The third-order valence-electron chi connectivity index (χ3n) is 2.77. The van der Waals surface area contributed by atoms with E-state index in [0.717, 1.165) is 0 Å². The van der Waals surface area contributed by atoms with E-state index >= 15 is 0 Å². The molecule has 0 amide bonds. The zero-order valence-corrected chi connectivity index (χ0v) is 15.7. The molecule has 140 valence electrons. The van der Waals surface area contributed by atoms with Crippen molar-refractivity contribution in [1.82, 2.24) is 4.98 Å². The molecule has 0 aliphatic rings. The van der Waals surface area contributed by atoms with Crippen LogP contribution in [-0.4, -0.2) is 30.1 Å². The molecule has 1 aromatic heterocycles. The van der Waals surface area contributed by atoms with E-state index in [1.54, 1.807) is 18.4 Å². The molecule has 0 saturated heterocycles. The first-order chi connectivity index (χ1) is 12.3. The number of thiazole rings is 1. The van der Waals surface area contributed by atoms with Crippen molar-refractivity contribution < 1.29 is 27.4 Å². The lowest BCUT2D eigenvalue weighted by Gasteiger charge is -2.11. The van der Waals surface area contributed by atoms with Gasteiger partial charge in [0.15, 0.2) is 0 Å². The van der Waals surface area contributed by atoms with Gasteiger partial charge in [-0.2, -0.15) is 5.10 Å². The maximum absolute atomic E-state index is 12.5. The number of halogens is 4. The van der Waals surface area contributed by atoms with Crippen molar-refractivity contribution in [3.8, 4) is 5.75 Å². The summed E-state index contributed by atoms with van der Waals surface area (Å²) >= 11 is 4.35. The number of carbonyl (C=O) groups is 1. The number of aromatic nitrogens is 1. The Balaban J connectivity index is 2.05. The number of nitrogens with one attached hydrogen (secondary N) is 1. The SMILES string of the molecule is CCOC(=O)Cc1csc(NN=Cc2c(Br)cccc2OC(F)(F)F)n1. The molecule has 26 heavy (non-hydrogen) atoms. The van der Waals surface area contributed by atoms with Gasteiger partial charge in [0.05, 0.1) is 30.5 Å². The second kappa shape index (κ2) is 8.99. The highest BCUT2D eigenvalue weighted by molar-refractivity contribution is 9.10. The summed E-state index contributed by atoms with van der Waals surface area (Å²) in [7, 11) is 0. The Morgan fingerprint density at radius 1 is 1.46 bits per heavy atom. The first kappa shape index (κ1) is 20.2. The van der Waals surface area contributed by atoms with Crippen LogP contribution in [0.15, 0.2) is 33.2 Å². The Hall–Kier alpha value is -2.14. The molecular formula is C15H13BrF3N3O3S. The highest BCUT2D eigenvalue weighted by atomic mass is 79.9. The number of anilines is 1. The van der Waals surface area contributed by atoms with Gasteiger partial charge in [0, 0.05) is 9.85 Å². The molecule has 1 heterocycles. The number of nitrogens with zero attached hydrogens (tertiary/aromatic N) is 2. The summed E-state index contributed by atoms with van der Waals surface area (Å²) in [5.74, 6) is -0.783. The van der Waals surface area contributed by atoms with Crippen LogP contribution in [0, 0.1) is 0 Å². The number of carbonyl (C=O) groups excluding carboxylic acids is 1. The smallest absolute Gasteiger partial charge is 0.466 e. The summed E-state index contributed by atoms with van der Waals surface area (Å²) < 4.78 is 46.6. The summed E-state index contributed by atoms with van der Waals surface area (Å²) in [5.41, 5.74) is 3.22. The van der Waals surface area contributed by atoms with Gasteiger partial charge >= 0.3 is 12.3 Å². The minimum absolute atomic E-state index is 0.0313. The number of benzene rings is 1. The monoisotopic (exact) mass is 451 g/mol. The maximum Gasteiger partial charge on any atom is 0.573 e. The van der Waals surface area contributed by atoms with E-state index in [0.29, 0.717) is 15.3 Å². The molecule has 1 N–H and O–H groups in total. The van der Waals surface area contributed by atoms with Gasteiger partial charge in [-0.25, -0.2) is 4.98 Å². The molecular weight excluding hydrogens is 439 g/mol. The van der Waals surface area contributed by atoms with Gasteiger partial charge in [0.1, 0.15) is 5.75 Å². The summed E-state index contributed by atoms with van der Waals surface area (Å²) in [6.45, 7) is 1.99. The van der Waals surface area contributed by atoms with Gasteiger partial charge in [-0.1, -0.05) is 6.07 Å². The van der Waals surface area contributed by atoms with E-state index in [-0.39, 0.29) is 24.3 Å². The summed E-state index contributed by atoms with van der Waals surface area (Å²) in [6.07, 6.45) is -3.60. The normalized spacial score (nSPS) is 11.6. The van der Waals surface area contributed by atoms with Crippen LogP contribution < -0.4 is 10.2 Å². The fourth-order valence-corrected chi connectivity index (χ4v) is 2.92. The molecule has 2 aromatic rings. The molecule has 6 nitrogen and oxygen atoms in total. The van der Waals surface area contributed by atoms with Crippen LogP contribution in [0.5, 0.6) is 5.75 Å². The molecule has 0 radical (unpaired) electrons. The third-order valence-corrected chi connectivity index (χ3v) is 4.26. The molecule has 11 heteroatoms. The van der Waals surface area contributed by atoms with Gasteiger partial charge < -0.3 is 9.47 Å². The van der Waals surface area contributed by atoms with Gasteiger partial charge in [0.2, 0.25) is 5.13 Å². The largest absolute Gasteiger partial charge is 0.573 e. The molecule has 0 atom stereocenters. The van der Waals surface area contributed by atoms with Crippen LogP contribution in [0.3, 0.4) is 0 Å². The molecule has 0 aliphatic heterocycles. The predicted molar refractivity (Wildman–Crippen MR) is 94.5 cm³/mol. The van der Waals surface area contributed by atoms with Gasteiger partial charge in [-0.15, -0.1) is 24.5 Å². The Morgan fingerprint density at radius 2 is 2.23 bits per heavy atom. The van der Waals surface area contributed by atoms with Crippen LogP contribution in [0.4, 0.5) is 18.3 Å². The van der Waals surface area contributed by atoms with Gasteiger partial charge in [0.25, 0.3) is 0 Å². The van der Waals surface area contributed by atoms with Crippen molar-refractivity contribution in [2.75, 3.05) is 12.0 Å². The van der Waals surface area contributed by atoms with Crippen LogP contribution in [0.1, 0.15) is 18.2 Å². The van der Waals surface area contributed by atoms with Crippen molar-refractivity contribution in [3.05, 3.63) is 39.3 Å². The molecule has 0 aliphatic carbocycles. The van der Waals surface area contributed by atoms with Crippen molar-refractivity contribution in [1.29, 1.82) is 0 Å². The zero-order chi connectivity index (χ0) is 19.2. The Morgan fingerprint density at radius 3 is 2.92 bits per heavy atom. The average Bonchev–Trinajstić information content (AvgIpc) is 2.96. The molecule has 0 fully saturated rings. The lowest BCUT2D eigenvalue weighted by molar-refractivity contribution is -0.274. The summed E-state index contributed by atoms with van der Waals surface area (Å²) in [6, 6.07) is 4.16. The number of hydrogen-bond donors (Lipinski definition) is 1. The van der Waals surface area contributed by atoms with Gasteiger partial charge in [-0.3, -0.25) is 10.2 Å². The number of alkyl halides is 3. The summed E-state index contributed by atoms with van der Waals surface area (Å²) in [5, 5.41) is 5.91. The van der Waals surface area contributed by atoms with Crippen LogP contribution in [0.25, 0.3) is 0 Å². The number of hydrogen-bond acceptors (Lipinski definition) is 7. The van der Waals surface area contributed by atoms with E-state index in [1.807, 2.05) is 0 Å². The predicted octanol–water partition coefficient (Wildman–Crippen LogP) is 4.36. The molecule has 0 bridgehead atoms. The number of rotatable bonds is 7. The topological polar surface area (TPSA) is 72.8 Å². The fourth-order valence-electron chi connectivity index (χ4n) is 1.81. The van der Waals surface area contributed by atoms with Crippen molar-refractivity contribution >= 4 is 44.6 Å². The number of esters is 1. The van der Waals surface area contributed by atoms with Crippen molar-refractivity contribution in [2.24, 2.45) is 5.10 Å². The van der Waals surface area contributed by atoms with Crippen LogP contribution in [0.2, 0.25) is 0 Å². The van der Waals surface area contributed by atoms with Gasteiger partial charge in [-0.05, 0) is 35.0 Å². The molecule has 1 aromatic carbocycles. The fraction of sp³-hybridized carbons (Fsp3) is 0.267. The average molecular weight is 452 g/mol. The highest BCUT2D eigenvalue weighted by Crippen LogP contribution is 2.30. The molecule has 2 rings (SSSR count). The maximum atomic E-state index is 12.5. The lowest BCUT2D eigenvalue weighted by atomic mass is 10.2. The van der Waals surface area contributed by atoms with E-state index in [4.69, 9.17) is 4.74 Å². The quantitative estimate of drug-likeness (QED) is 0.384. The van der Waals surface area contributed by atoms with Crippen molar-refractivity contribution in [2.45, 2.75) is 19.7 Å². The lowest BCUT2D eigenvalue weighted by Crippen LogP contribution is -2.18. The number of hydrazone groups is 1. The van der Waals surface area contributed by atoms with E-state index in [1.165, 1.54) is 29.7 Å². The van der Waals surface area contributed by atoms with E-state index in [2.05, 4.69) is 36.2 Å². The molecule has 0 saturated carbocycles. The van der Waals surface area contributed by atoms with Crippen LogP contribution >= 0.6 is 27.3 Å². The Bertz CT molecular complexity index is 796. The first-order valence-electron chi connectivity index (χ1n) is 7.22. The third kappa shape index (κ3) is 6.30. The van der Waals surface area contributed by atoms with Crippen molar-refractivity contribution in [3.63, 3.8) is 0 Å². The Labute approximate surface area is 159 Å². The number of ether oxygens (including phenoxy) is 2. The summed E-state index contributed by atoms with van der Waals surface area (Å²) in [4.78, 5) is 15.5. The highest BCUT2D eigenvalue weighted by Gasteiger charge is 2.32. The molecule has 0 spiro atoms.